The number of hydrogen-bond acceptors (Lipinski definition) is 2. The molecule has 0 atom stereocenters. The van der Waals surface area contributed by atoms with Crippen LogP contribution in [0.15, 0.2) is 0 Å². The van der Waals surface area contributed by atoms with E-state index >= 15 is 0 Å². The molecular weight excluding hydrogens is 406 g/mol. The minimum absolute atomic E-state index is 0.447. The maximum atomic E-state index is 14.1. The third-order valence-electron chi connectivity index (χ3n) is 2.88. The molecule has 16 heteroatoms. The molecule has 0 N–H and O–H groups in total. The van der Waals surface area contributed by atoms with E-state index in [1.54, 1.807) is 0 Å². The summed E-state index contributed by atoms with van der Waals surface area (Å²) in [6.07, 6.45) is -29.5. The van der Waals surface area contributed by atoms with Crippen LogP contribution in [-0.2, 0) is 9.05 Å². The van der Waals surface area contributed by atoms with Crippen LogP contribution in [0.5, 0.6) is 0 Å². The van der Waals surface area contributed by atoms with E-state index in [0.29, 0.717) is 0 Å². The SMILES string of the molecule is CP1(C)(F)OC(C(F)(F)F)(C(F)(F)F)C(C(F)(F)F)(C(F)(F)F)O1. The summed E-state index contributed by atoms with van der Waals surface area (Å²) in [5.74, 6) is 0. The first-order chi connectivity index (χ1) is 9.93. The fourth-order valence-electron chi connectivity index (χ4n) is 2.24. The summed E-state index contributed by atoms with van der Waals surface area (Å²) in [5, 5.41) is 0. The Balaban J connectivity index is 4.16. The minimum atomic E-state index is -7.38. The molecule has 1 heterocycles. The van der Waals surface area contributed by atoms with Crippen LogP contribution in [0.25, 0.3) is 0 Å². The summed E-state index contributed by atoms with van der Waals surface area (Å²) < 4.78 is 175. The number of alkyl halides is 12. The van der Waals surface area contributed by atoms with Crippen molar-refractivity contribution < 1.29 is 65.9 Å². The van der Waals surface area contributed by atoms with E-state index in [2.05, 4.69) is 9.05 Å². The quantitative estimate of drug-likeness (QED) is 0.398. The first-order valence-corrected chi connectivity index (χ1v) is 8.21. The molecule has 0 radical (unpaired) electrons. The molecule has 1 aliphatic rings. The van der Waals surface area contributed by atoms with Gasteiger partial charge in [-0.1, -0.05) is 0 Å². The predicted octanol–water partition coefficient (Wildman–Crippen LogP) is 5.29. The molecule has 0 aromatic heterocycles. The fourth-order valence-corrected chi connectivity index (χ4v) is 4.47. The average molecular weight is 412 g/mol. The van der Waals surface area contributed by atoms with Crippen molar-refractivity contribution in [1.29, 1.82) is 0 Å². The molecule has 0 saturated carbocycles. The summed E-state index contributed by atoms with van der Waals surface area (Å²) in [6.45, 7) is -0.895. The molecule has 0 aromatic rings. The molecular formula is C8H6F13O2P. The molecule has 0 unspecified atom stereocenters. The van der Waals surface area contributed by atoms with Crippen LogP contribution in [0.1, 0.15) is 0 Å². The Labute approximate surface area is 124 Å². The monoisotopic (exact) mass is 412 g/mol. The molecule has 24 heavy (non-hydrogen) atoms. The molecule has 1 aliphatic heterocycles. The van der Waals surface area contributed by atoms with Gasteiger partial charge in [-0.25, -0.2) is 0 Å². The van der Waals surface area contributed by atoms with Gasteiger partial charge >= 0.3 is 123 Å². The molecule has 1 rings (SSSR count). The van der Waals surface area contributed by atoms with Gasteiger partial charge in [0, 0.05) is 0 Å². The number of halogens is 13. The van der Waals surface area contributed by atoms with E-state index in [1.165, 1.54) is 0 Å². The molecule has 1 saturated heterocycles. The first-order valence-electron chi connectivity index (χ1n) is 5.35. The van der Waals surface area contributed by atoms with E-state index in [9.17, 15) is 56.9 Å². The number of rotatable bonds is 0. The summed E-state index contributed by atoms with van der Waals surface area (Å²) >= 11 is 0. The summed E-state index contributed by atoms with van der Waals surface area (Å²) in [6, 6.07) is 0. The molecule has 146 valence electrons. The van der Waals surface area contributed by atoms with Gasteiger partial charge in [0.25, 0.3) is 0 Å². The fraction of sp³-hybridized carbons (Fsp3) is 1.00. The van der Waals surface area contributed by atoms with Gasteiger partial charge in [0.2, 0.25) is 0 Å². The Bertz CT molecular complexity index is 444. The van der Waals surface area contributed by atoms with Crippen molar-refractivity contribution in [3.8, 4) is 0 Å². The third kappa shape index (κ3) is 2.62. The second-order valence-corrected chi connectivity index (χ2v) is 9.09. The van der Waals surface area contributed by atoms with Gasteiger partial charge in [-0.2, -0.15) is 0 Å². The second kappa shape index (κ2) is 4.58. The van der Waals surface area contributed by atoms with Gasteiger partial charge in [-0.05, 0) is 0 Å². The zero-order valence-electron chi connectivity index (χ0n) is 11.2. The summed E-state index contributed by atoms with van der Waals surface area (Å²) in [5.41, 5.74) is -14.1. The molecule has 0 aromatic carbocycles. The summed E-state index contributed by atoms with van der Waals surface area (Å²) in [4.78, 5) is 0. The standard InChI is InChI=1S/C8H6F13O2P/c1-24(2,21)22-3(5(9,10)11,6(12,13)14)4(23-24,7(15,16)17)8(18,19)20/h1-2H3. The van der Waals surface area contributed by atoms with E-state index in [1.807, 2.05) is 0 Å². The van der Waals surface area contributed by atoms with Gasteiger partial charge < -0.3 is 0 Å². The van der Waals surface area contributed by atoms with Gasteiger partial charge in [0.05, 0.1) is 0 Å². The third-order valence-corrected chi connectivity index (χ3v) is 4.44. The van der Waals surface area contributed by atoms with Crippen molar-refractivity contribution in [2.24, 2.45) is 0 Å². The van der Waals surface area contributed by atoms with Crippen LogP contribution in [0.2, 0.25) is 0 Å². The van der Waals surface area contributed by atoms with Crippen molar-refractivity contribution in [2.75, 3.05) is 13.3 Å². The van der Waals surface area contributed by atoms with E-state index < -0.39 is 56.6 Å². The average Bonchev–Trinajstić information content (AvgIpc) is 2.40. The predicted molar refractivity (Wildman–Crippen MR) is 51.7 cm³/mol. The Morgan fingerprint density at radius 3 is 0.833 bits per heavy atom. The van der Waals surface area contributed by atoms with Crippen molar-refractivity contribution in [1.82, 2.24) is 0 Å². The maximum absolute atomic E-state index is 14.1. The van der Waals surface area contributed by atoms with Crippen molar-refractivity contribution in [3.63, 3.8) is 0 Å². The van der Waals surface area contributed by atoms with Gasteiger partial charge in [-0.3, -0.25) is 0 Å². The molecule has 0 spiro atoms. The van der Waals surface area contributed by atoms with Crippen LogP contribution in [0, 0.1) is 0 Å². The summed E-state index contributed by atoms with van der Waals surface area (Å²) in [7, 11) is -7.12. The zero-order valence-corrected chi connectivity index (χ0v) is 12.1. The molecule has 0 aliphatic carbocycles. The van der Waals surface area contributed by atoms with E-state index in [0.717, 1.165) is 0 Å². The topological polar surface area (TPSA) is 18.5 Å². The van der Waals surface area contributed by atoms with E-state index in [4.69, 9.17) is 0 Å². The van der Waals surface area contributed by atoms with Crippen LogP contribution < -0.4 is 0 Å². The Morgan fingerprint density at radius 2 is 0.708 bits per heavy atom. The Kier molecular flexibility index (Phi) is 4.10. The van der Waals surface area contributed by atoms with Crippen LogP contribution in [-0.4, -0.2) is 49.2 Å². The van der Waals surface area contributed by atoms with Crippen molar-refractivity contribution in [3.05, 3.63) is 0 Å². The molecule has 0 bridgehead atoms. The van der Waals surface area contributed by atoms with E-state index in [-0.39, 0.29) is 0 Å². The van der Waals surface area contributed by atoms with Crippen LogP contribution >= 0.6 is 7.37 Å². The molecule has 0 amide bonds. The normalized spacial score (nSPS) is 28.2. The zero-order chi connectivity index (χ0) is 19.9. The van der Waals surface area contributed by atoms with Crippen molar-refractivity contribution in [2.45, 2.75) is 35.9 Å². The van der Waals surface area contributed by atoms with Crippen LogP contribution in [0.3, 0.4) is 0 Å². The van der Waals surface area contributed by atoms with Gasteiger partial charge in [0.1, 0.15) is 0 Å². The number of hydrogen-bond donors (Lipinski definition) is 0. The van der Waals surface area contributed by atoms with Crippen LogP contribution in [0.4, 0.5) is 56.9 Å². The Morgan fingerprint density at radius 1 is 0.542 bits per heavy atom. The van der Waals surface area contributed by atoms with Gasteiger partial charge in [-0.15, -0.1) is 0 Å². The Hall–Kier alpha value is -0.560. The second-order valence-electron chi connectivity index (χ2n) is 5.26. The molecule has 1 fully saturated rings. The van der Waals surface area contributed by atoms with Gasteiger partial charge in [0.15, 0.2) is 0 Å². The first kappa shape index (κ1) is 21.5. The molecule has 2 nitrogen and oxygen atoms in total. The van der Waals surface area contributed by atoms with Crippen molar-refractivity contribution >= 4 is 7.37 Å².